The highest BCUT2D eigenvalue weighted by molar-refractivity contribution is 7.98. The molecule has 0 radical (unpaired) electrons. The van der Waals surface area contributed by atoms with E-state index in [1.54, 1.807) is 22.7 Å². The molecule has 122 valence electrons. The van der Waals surface area contributed by atoms with Gasteiger partial charge in [-0.05, 0) is 25.3 Å². The van der Waals surface area contributed by atoms with E-state index in [0.29, 0.717) is 28.6 Å². The lowest BCUT2D eigenvalue weighted by molar-refractivity contribution is 0.425. The highest BCUT2D eigenvalue weighted by atomic mass is 32.2. The normalized spacial score (nSPS) is 11.2. The summed E-state index contributed by atoms with van der Waals surface area (Å²) in [5.41, 5.74) is 0.899. The van der Waals surface area contributed by atoms with E-state index in [9.17, 15) is 0 Å². The van der Waals surface area contributed by atoms with Crippen molar-refractivity contribution in [1.29, 1.82) is 0 Å². The van der Waals surface area contributed by atoms with Gasteiger partial charge in [-0.2, -0.15) is 4.98 Å². The summed E-state index contributed by atoms with van der Waals surface area (Å²) in [6, 6.07) is 3.89. The molecule has 0 saturated carbocycles. The first-order valence-electron chi connectivity index (χ1n) is 6.96. The molecule has 0 N–H and O–H groups in total. The van der Waals surface area contributed by atoms with Crippen molar-refractivity contribution >= 4 is 34.4 Å². The van der Waals surface area contributed by atoms with Crippen LogP contribution < -0.4 is 0 Å². The quantitative estimate of drug-likeness (QED) is 0.478. The minimum absolute atomic E-state index is 0.470. The predicted molar refractivity (Wildman–Crippen MR) is 92.1 cm³/mol. The Kier molecular flexibility index (Phi) is 4.17. The van der Waals surface area contributed by atoms with Gasteiger partial charge in [0.1, 0.15) is 4.88 Å². The zero-order valence-electron chi connectivity index (χ0n) is 12.7. The third-order valence-electron chi connectivity index (χ3n) is 3.03. The third kappa shape index (κ3) is 3.12. The summed E-state index contributed by atoms with van der Waals surface area (Å²) in [5, 5.41) is 15.5. The van der Waals surface area contributed by atoms with Gasteiger partial charge in [-0.1, -0.05) is 23.0 Å². The van der Waals surface area contributed by atoms with Crippen molar-refractivity contribution in [3.8, 4) is 21.5 Å². The van der Waals surface area contributed by atoms with Crippen LogP contribution in [0.25, 0.3) is 21.5 Å². The average Bonchev–Trinajstić information content (AvgIpc) is 3.33. The summed E-state index contributed by atoms with van der Waals surface area (Å²) in [4.78, 5) is 10.6. The first kappa shape index (κ1) is 15.5. The molecule has 0 saturated heterocycles. The van der Waals surface area contributed by atoms with Crippen LogP contribution in [-0.4, -0.2) is 25.3 Å². The van der Waals surface area contributed by atoms with Gasteiger partial charge in [0, 0.05) is 0 Å². The molecule has 7 nitrogen and oxygen atoms in total. The van der Waals surface area contributed by atoms with E-state index >= 15 is 0 Å². The molecule has 4 rings (SSSR count). The number of nitrogens with zero attached hydrogens (tertiary/aromatic N) is 5. The van der Waals surface area contributed by atoms with Crippen LogP contribution in [0.3, 0.4) is 0 Å². The van der Waals surface area contributed by atoms with Crippen LogP contribution in [0.1, 0.15) is 16.5 Å². The van der Waals surface area contributed by atoms with Gasteiger partial charge in [0.15, 0.2) is 5.82 Å². The number of hydrogen-bond acceptors (Lipinski definition) is 10. The number of thioether (sulfide) groups is 1. The van der Waals surface area contributed by atoms with E-state index in [0.717, 1.165) is 20.5 Å². The molecule has 0 aliphatic rings. The lowest BCUT2D eigenvalue weighted by atomic mass is 10.4. The maximum Gasteiger partial charge on any atom is 0.277 e. The van der Waals surface area contributed by atoms with Crippen LogP contribution >= 0.6 is 34.4 Å². The predicted octanol–water partition coefficient (Wildman–Crippen LogP) is 4.21. The molecule has 4 aromatic heterocycles. The van der Waals surface area contributed by atoms with Crippen molar-refractivity contribution in [2.24, 2.45) is 0 Å². The van der Waals surface area contributed by atoms with Gasteiger partial charge in [0.2, 0.25) is 0 Å². The monoisotopic (exact) mass is 377 g/mol. The summed E-state index contributed by atoms with van der Waals surface area (Å²) in [6.07, 6.45) is 0. The second-order valence-corrected chi connectivity index (χ2v) is 7.88. The van der Waals surface area contributed by atoms with Gasteiger partial charge in [0.05, 0.1) is 21.3 Å². The van der Waals surface area contributed by atoms with E-state index < -0.39 is 0 Å². The first-order chi connectivity index (χ1) is 11.7. The molecule has 0 atom stereocenters. The Balaban J connectivity index is 1.44. The highest BCUT2D eigenvalue weighted by Gasteiger charge is 2.16. The smallest absolute Gasteiger partial charge is 0.277 e. The zero-order chi connectivity index (χ0) is 16.5. The first-order valence-corrected chi connectivity index (χ1v) is 9.64. The number of aryl methyl sites for hydroxylation is 2. The number of thiazole rings is 1. The van der Waals surface area contributed by atoms with Gasteiger partial charge in [0.25, 0.3) is 17.0 Å². The fraction of sp³-hybridized carbons (Fsp3) is 0.214. The molecular weight excluding hydrogens is 366 g/mol. The number of thiophene rings is 1. The van der Waals surface area contributed by atoms with Crippen LogP contribution in [0, 0.1) is 13.8 Å². The molecule has 4 aromatic rings. The van der Waals surface area contributed by atoms with Crippen LogP contribution in [-0.2, 0) is 5.75 Å². The van der Waals surface area contributed by atoms with Gasteiger partial charge < -0.3 is 8.94 Å². The molecule has 0 bridgehead atoms. The Bertz CT molecular complexity index is 957. The molecule has 0 fully saturated rings. The second-order valence-electron chi connectivity index (χ2n) is 4.80. The van der Waals surface area contributed by atoms with Crippen molar-refractivity contribution in [3.63, 3.8) is 0 Å². The second kappa shape index (κ2) is 6.46. The molecule has 0 unspecified atom stereocenters. The van der Waals surface area contributed by atoms with Crippen molar-refractivity contribution in [2.75, 3.05) is 0 Å². The largest absolute Gasteiger partial charge is 0.410 e. The van der Waals surface area contributed by atoms with Crippen molar-refractivity contribution in [2.45, 2.75) is 24.8 Å². The summed E-state index contributed by atoms with van der Waals surface area (Å²) in [6.45, 7) is 3.88. The van der Waals surface area contributed by atoms with Crippen LogP contribution in [0.15, 0.2) is 31.7 Å². The molecule has 4 heterocycles. The minimum Gasteiger partial charge on any atom is -0.410 e. The highest BCUT2D eigenvalue weighted by Crippen LogP contribution is 2.31. The zero-order valence-corrected chi connectivity index (χ0v) is 15.2. The van der Waals surface area contributed by atoms with Crippen molar-refractivity contribution < 1.29 is 8.94 Å². The Morgan fingerprint density at radius 1 is 1.17 bits per heavy atom. The number of rotatable bonds is 5. The molecule has 24 heavy (non-hydrogen) atoms. The molecule has 0 spiro atoms. The Hall–Kier alpha value is -2.04. The fourth-order valence-electron chi connectivity index (χ4n) is 2.03. The lowest BCUT2D eigenvalue weighted by Gasteiger charge is -1.90. The topological polar surface area (TPSA) is 90.7 Å². The Labute approximate surface area is 149 Å². The lowest BCUT2D eigenvalue weighted by Crippen LogP contribution is -1.83. The van der Waals surface area contributed by atoms with Crippen LogP contribution in [0.2, 0.25) is 0 Å². The van der Waals surface area contributed by atoms with Gasteiger partial charge in [-0.15, -0.1) is 32.9 Å². The maximum absolute atomic E-state index is 5.69. The van der Waals surface area contributed by atoms with Gasteiger partial charge >= 0.3 is 0 Å². The molecule has 0 aromatic carbocycles. The molecular formula is C14H11N5O2S3. The molecule has 0 amide bonds. The van der Waals surface area contributed by atoms with Crippen LogP contribution in [0.5, 0.6) is 0 Å². The Morgan fingerprint density at radius 3 is 2.83 bits per heavy atom. The van der Waals surface area contributed by atoms with Gasteiger partial charge in [-0.3, -0.25) is 0 Å². The summed E-state index contributed by atoms with van der Waals surface area (Å²) in [5.74, 6) is 2.11. The summed E-state index contributed by atoms with van der Waals surface area (Å²) in [7, 11) is 0. The SMILES string of the molecule is Cc1nc(C)c(-c2nnc(SCc3noc(-c4cccs4)n3)o2)s1. The average molecular weight is 377 g/mol. The molecule has 0 aliphatic carbocycles. The van der Waals surface area contributed by atoms with Crippen LogP contribution in [0.4, 0.5) is 0 Å². The number of hydrogen-bond donors (Lipinski definition) is 0. The van der Waals surface area contributed by atoms with E-state index in [2.05, 4.69) is 25.3 Å². The van der Waals surface area contributed by atoms with E-state index in [1.165, 1.54) is 11.8 Å². The fourth-order valence-corrected chi connectivity index (χ4v) is 4.12. The standard InChI is InChI=1S/C14H11N5O2S3/c1-7-11(24-8(2)15-7)13-17-18-14(20-13)23-6-10-16-12(21-19-10)9-4-3-5-22-9/h3-5H,6H2,1-2H3. The van der Waals surface area contributed by atoms with Crippen molar-refractivity contribution in [3.05, 3.63) is 34.0 Å². The Morgan fingerprint density at radius 2 is 2.08 bits per heavy atom. The third-order valence-corrected chi connectivity index (χ3v) is 5.76. The molecule has 10 heteroatoms. The summed E-state index contributed by atoms with van der Waals surface area (Å²) >= 11 is 4.48. The van der Waals surface area contributed by atoms with Gasteiger partial charge in [-0.25, -0.2) is 4.98 Å². The van der Waals surface area contributed by atoms with E-state index in [4.69, 9.17) is 8.94 Å². The van der Waals surface area contributed by atoms with E-state index in [1.807, 2.05) is 31.4 Å². The van der Waals surface area contributed by atoms with E-state index in [-0.39, 0.29) is 0 Å². The minimum atomic E-state index is 0.470. The summed E-state index contributed by atoms with van der Waals surface area (Å²) < 4.78 is 10.9. The molecule has 0 aliphatic heterocycles. The number of aromatic nitrogens is 5. The van der Waals surface area contributed by atoms with Crippen molar-refractivity contribution in [1.82, 2.24) is 25.3 Å². The maximum atomic E-state index is 5.69.